The largest absolute Gasteiger partial charge is 0.534 e. The average Bonchev–Trinajstić information content (AvgIpc) is 2.66. The third-order valence-corrected chi connectivity index (χ3v) is 8.11. The Hall–Kier alpha value is -2.58. The standard InChI is InChI=1S/C22H19F3O3SSi/c1-30(2,3)19-13-12-18-16-10-5-4-8-14(16)15-9-6-7-11-17(15)20(18)21(19)28-29(26,27)22(23,24)25/h4-13H,1-3H3. The maximum atomic E-state index is 13.2. The summed E-state index contributed by atoms with van der Waals surface area (Å²) in [5, 5.41) is 4.79. The summed E-state index contributed by atoms with van der Waals surface area (Å²) in [6, 6.07) is 18.4. The maximum Gasteiger partial charge on any atom is 0.534 e. The van der Waals surface area contributed by atoms with Crippen LogP contribution < -0.4 is 9.37 Å². The van der Waals surface area contributed by atoms with Crippen LogP contribution in [0.5, 0.6) is 5.75 Å². The van der Waals surface area contributed by atoms with Gasteiger partial charge in [0.25, 0.3) is 0 Å². The molecule has 30 heavy (non-hydrogen) atoms. The number of benzene rings is 4. The lowest BCUT2D eigenvalue weighted by molar-refractivity contribution is -0.0499. The summed E-state index contributed by atoms with van der Waals surface area (Å²) in [6.45, 7) is 5.80. The Morgan fingerprint density at radius 2 is 1.17 bits per heavy atom. The number of rotatable bonds is 3. The van der Waals surface area contributed by atoms with Gasteiger partial charge in [0.05, 0.1) is 8.07 Å². The zero-order valence-corrected chi connectivity index (χ0v) is 18.4. The van der Waals surface area contributed by atoms with Gasteiger partial charge in [-0.2, -0.15) is 21.6 Å². The Balaban J connectivity index is 2.25. The van der Waals surface area contributed by atoms with E-state index in [2.05, 4.69) is 0 Å². The van der Waals surface area contributed by atoms with Gasteiger partial charge >= 0.3 is 15.6 Å². The lowest BCUT2D eigenvalue weighted by Gasteiger charge is -2.24. The molecule has 4 aromatic carbocycles. The molecular weight excluding hydrogens is 429 g/mol. The monoisotopic (exact) mass is 448 g/mol. The van der Waals surface area contributed by atoms with E-state index in [0.717, 1.165) is 16.2 Å². The topological polar surface area (TPSA) is 43.4 Å². The van der Waals surface area contributed by atoms with Crippen molar-refractivity contribution in [2.75, 3.05) is 0 Å². The van der Waals surface area contributed by atoms with Crippen molar-refractivity contribution in [2.24, 2.45) is 0 Å². The minimum absolute atomic E-state index is 0.217. The van der Waals surface area contributed by atoms with Crippen LogP contribution in [0.4, 0.5) is 13.2 Å². The predicted octanol–water partition coefficient (Wildman–Crippen LogP) is 5.92. The molecule has 0 radical (unpaired) electrons. The third kappa shape index (κ3) is 3.24. The maximum absolute atomic E-state index is 13.2. The highest BCUT2D eigenvalue weighted by molar-refractivity contribution is 7.88. The van der Waals surface area contributed by atoms with Gasteiger partial charge in [0.2, 0.25) is 0 Å². The molecule has 0 spiro atoms. The molecule has 4 aromatic rings. The Kier molecular flexibility index (Phi) is 4.63. The zero-order chi connectivity index (χ0) is 21.9. The number of hydrogen-bond acceptors (Lipinski definition) is 3. The molecule has 3 nitrogen and oxygen atoms in total. The normalized spacial score (nSPS) is 13.3. The molecule has 8 heteroatoms. The predicted molar refractivity (Wildman–Crippen MR) is 118 cm³/mol. The number of hydrogen-bond donors (Lipinski definition) is 0. The summed E-state index contributed by atoms with van der Waals surface area (Å²) in [5.74, 6) is -0.217. The molecule has 0 fully saturated rings. The van der Waals surface area contributed by atoms with Crippen molar-refractivity contribution in [3.63, 3.8) is 0 Å². The molecule has 0 saturated carbocycles. The molecule has 0 atom stereocenters. The van der Waals surface area contributed by atoms with E-state index in [4.69, 9.17) is 4.18 Å². The van der Waals surface area contributed by atoms with Gasteiger partial charge in [0, 0.05) is 5.39 Å². The molecule has 0 aliphatic carbocycles. The van der Waals surface area contributed by atoms with Crippen LogP contribution in [0.3, 0.4) is 0 Å². The van der Waals surface area contributed by atoms with Gasteiger partial charge in [-0.1, -0.05) is 80.3 Å². The highest BCUT2D eigenvalue weighted by Crippen LogP contribution is 2.41. The van der Waals surface area contributed by atoms with Crippen molar-refractivity contribution in [2.45, 2.75) is 25.1 Å². The van der Waals surface area contributed by atoms with Gasteiger partial charge in [-0.05, 0) is 32.1 Å². The van der Waals surface area contributed by atoms with Gasteiger partial charge in [-0.25, -0.2) is 0 Å². The molecule has 0 amide bonds. The molecule has 0 unspecified atom stereocenters. The minimum Gasteiger partial charge on any atom is -0.375 e. The molecule has 0 aliphatic rings. The van der Waals surface area contributed by atoms with E-state index in [1.165, 1.54) is 0 Å². The van der Waals surface area contributed by atoms with Crippen LogP contribution in [0.1, 0.15) is 0 Å². The fourth-order valence-electron chi connectivity index (χ4n) is 3.80. The van der Waals surface area contributed by atoms with E-state index in [-0.39, 0.29) is 5.75 Å². The Morgan fingerprint density at radius 1 is 0.733 bits per heavy atom. The summed E-state index contributed by atoms with van der Waals surface area (Å²) >= 11 is 0. The van der Waals surface area contributed by atoms with Crippen LogP contribution in [0.15, 0.2) is 60.7 Å². The second kappa shape index (κ2) is 6.71. The highest BCUT2D eigenvalue weighted by Gasteiger charge is 2.49. The van der Waals surface area contributed by atoms with Crippen molar-refractivity contribution in [3.05, 3.63) is 60.7 Å². The quantitative estimate of drug-likeness (QED) is 0.169. The SMILES string of the molecule is C[Si](C)(C)c1ccc2c3ccccc3c3ccccc3c2c1OS(=O)(=O)C(F)(F)F. The second-order valence-corrected chi connectivity index (χ2v) is 14.8. The molecule has 0 aromatic heterocycles. The van der Waals surface area contributed by atoms with Gasteiger partial charge in [-0.15, -0.1) is 0 Å². The number of halogens is 3. The van der Waals surface area contributed by atoms with Crippen molar-refractivity contribution < 1.29 is 25.8 Å². The van der Waals surface area contributed by atoms with Gasteiger partial charge in [-0.3, -0.25) is 0 Å². The Morgan fingerprint density at radius 3 is 1.63 bits per heavy atom. The first-order valence-electron chi connectivity index (χ1n) is 9.29. The van der Waals surface area contributed by atoms with E-state index in [9.17, 15) is 21.6 Å². The van der Waals surface area contributed by atoms with Crippen molar-refractivity contribution in [1.29, 1.82) is 0 Å². The summed E-state index contributed by atoms with van der Waals surface area (Å²) in [7, 11) is -8.09. The fraction of sp³-hybridized carbons (Fsp3) is 0.182. The van der Waals surface area contributed by atoms with Gasteiger partial charge in [0.15, 0.2) is 5.75 Å². The lowest BCUT2D eigenvalue weighted by atomic mass is 9.94. The van der Waals surface area contributed by atoms with Gasteiger partial charge < -0.3 is 4.18 Å². The van der Waals surface area contributed by atoms with Crippen molar-refractivity contribution in [3.8, 4) is 5.75 Å². The van der Waals surface area contributed by atoms with Crippen LogP contribution in [0.2, 0.25) is 19.6 Å². The molecule has 0 heterocycles. The van der Waals surface area contributed by atoms with E-state index >= 15 is 0 Å². The first-order valence-corrected chi connectivity index (χ1v) is 14.2. The van der Waals surface area contributed by atoms with Crippen LogP contribution >= 0.6 is 0 Å². The van der Waals surface area contributed by atoms with Gasteiger partial charge in [0.1, 0.15) is 0 Å². The molecule has 156 valence electrons. The summed E-state index contributed by atoms with van der Waals surface area (Å²) < 4.78 is 68.5. The van der Waals surface area contributed by atoms with Crippen molar-refractivity contribution >= 4 is 55.7 Å². The van der Waals surface area contributed by atoms with Crippen LogP contribution in [0, 0.1) is 0 Å². The number of fused-ring (bicyclic) bond motifs is 6. The molecule has 4 rings (SSSR count). The van der Waals surface area contributed by atoms with E-state index in [0.29, 0.717) is 21.3 Å². The molecule has 0 saturated heterocycles. The summed E-state index contributed by atoms with van der Waals surface area (Å²) in [4.78, 5) is 0. The Bertz CT molecular complexity index is 1370. The second-order valence-electron chi connectivity index (χ2n) is 8.19. The first-order chi connectivity index (χ1) is 13.9. The summed E-state index contributed by atoms with van der Waals surface area (Å²) in [6.07, 6.45) is 0. The summed E-state index contributed by atoms with van der Waals surface area (Å²) in [5.41, 5.74) is -5.52. The van der Waals surface area contributed by atoms with Crippen LogP contribution in [0.25, 0.3) is 32.3 Å². The average molecular weight is 449 g/mol. The van der Waals surface area contributed by atoms with E-state index in [1.807, 2.05) is 62.1 Å². The van der Waals surface area contributed by atoms with E-state index < -0.39 is 23.7 Å². The van der Waals surface area contributed by atoms with Crippen LogP contribution in [-0.4, -0.2) is 22.0 Å². The smallest absolute Gasteiger partial charge is 0.375 e. The first kappa shape index (κ1) is 20.7. The number of alkyl halides is 3. The Labute approximate surface area is 173 Å². The third-order valence-electron chi connectivity index (χ3n) is 5.15. The minimum atomic E-state index is -5.82. The van der Waals surface area contributed by atoms with Crippen molar-refractivity contribution in [1.82, 2.24) is 0 Å². The lowest BCUT2D eigenvalue weighted by Crippen LogP contribution is -2.40. The molecular formula is C22H19F3O3SSi. The highest BCUT2D eigenvalue weighted by atomic mass is 32.2. The fourth-order valence-corrected chi connectivity index (χ4v) is 5.80. The molecule has 0 N–H and O–H groups in total. The molecule has 0 aliphatic heterocycles. The zero-order valence-electron chi connectivity index (χ0n) is 16.5. The van der Waals surface area contributed by atoms with E-state index in [1.54, 1.807) is 18.2 Å². The van der Waals surface area contributed by atoms with Crippen LogP contribution in [-0.2, 0) is 10.1 Å². The molecule has 0 bridgehead atoms.